The van der Waals surface area contributed by atoms with Crippen LogP contribution in [-0.4, -0.2) is 31.1 Å². The van der Waals surface area contributed by atoms with Gasteiger partial charge < -0.3 is 10.6 Å². The minimum Gasteiger partial charge on any atom is -0.330 e. The smallest absolute Gasteiger partial charge is 0.00940 e. The van der Waals surface area contributed by atoms with Crippen molar-refractivity contribution in [3.63, 3.8) is 0 Å². The van der Waals surface area contributed by atoms with Crippen LogP contribution in [0.25, 0.3) is 0 Å². The molecule has 1 unspecified atom stereocenters. The topological polar surface area (TPSA) is 29.3 Å². The van der Waals surface area contributed by atoms with E-state index in [1.165, 1.54) is 54.6 Å². The molecule has 0 aliphatic carbocycles. The molecule has 2 heteroatoms. The van der Waals surface area contributed by atoms with Crippen LogP contribution < -0.4 is 5.73 Å². The Morgan fingerprint density at radius 3 is 2.16 bits per heavy atom. The van der Waals surface area contributed by atoms with Crippen LogP contribution in [0, 0.1) is 20.8 Å². The second-order valence-electron chi connectivity index (χ2n) is 6.11. The Bertz CT molecular complexity index is 396. The summed E-state index contributed by atoms with van der Waals surface area (Å²) in [6.07, 6.45) is 4.10. The Morgan fingerprint density at radius 2 is 1.63 bits per heavy atom. The Morgan fingerprint density at radius 1 is 1.05 bits per heavy atom. The number of aryl methyl sites for hydroxylation is 3. The van der Waals surface area contributed by atoms with Gasteiger partial charge in [-0.2, -0.15) is 0 Å². The van der Waals surface area contributed by atoms with Crippen LogP contribution in [-0.2, 0) is 0 Å². The van der Waals surface area contributed by atoms with Crippen LogP contribution >= 0.6 is 0 Å². The van der Waals surface area contributed by atoms with Gasteiger partial charge in [0.15, 0.2) is 0 Å². The number of hydrogen-bond donors (Lipinski definition) is 1. The fourth-order valence-electron chi connectivity index (χ4n) is 3.57. The molecule has 1 aliphatic rings. The molecule has 106 valence electrons. The van der Waals surface area contributed by atoms with Crippen molar-refractivity contribution in [2.75, 3.05) is 26.2 Å². The Balaban J connectivity index is 2.16. The van der Waals surface area contributed by atoms with Crippen LogP contribution in [0.15, 0.2) is 12.1 Å². The number of likely N-dealkylation sites (tertiary alicyclic amines) is 1. The van der Waals surface area contributed by atoms with Crippen molar-refractivity contribution in [3.8, 4) is 0 Å². The van der Waals surface area contributed by atoms with Gasteiger partial charge >= 0.3 is 0 Å². The number of hydrogen-bond acceptors (Lipinski definition) is 2. The Kier molecular flexibility index (Phi) is 5.00. The lowest BCUT2D eigenvalue weighted by Crippen LogP contribution is -2.36. The lowest BCUT2D eigenvalue weighted by atomic mass is 9.88. The highest BCUT2D eigenvalue weighted by molar-refractivity contribution is 5.40. The van der Waals surface area contributed by atoms with Crippen molar-refractivity contribution in [3.05, 3.63) is 34.4 Å². The van der Waals surface area contributed by atoms with Crippen molar-refractivity contribution in [1.82, 2.24) is 4.90 Å². The summed E-state index contributed by atoms with van der Waals surface area (Å²) in [5.41, 5.74) is 11.7. The molecular weight excluding hydrogens is 232 g/mol. The second kappa shape index (κ2) is 6.53. The summed E-state index contributed by atoms with van der Waals surface area (Å²) in [6.45, 7) is 11.0. The fourth-order valence-corrected chi connectivity index (χ4v) is 3.57. The van der Waals surface area contributed by atoms with Gasteiger partial charge in [-0.15, -0.1) is 0 Å². The summed E-state index contributed by atoms with van der Waals surface area (Å²) < 4.78 is 0. The zero-order valence-corrected chi connectivity index (χ0v) is 12.7. The van der Waals surface area contributed by atoms with Crippen LogP contribution in [0.4, 0.5) is 0 Å². The number of nitrogens with zero attached hydrogens (tertiary/aromatic N) is 1. The predicted molar refractivity (Wildman–Crippen MR) is 82.7 cm³/mol. The maximum absolute atomic E-state index is 6.07. The molecular formula is C17H28N2. The van der Waals surface area contributed by atoms with Crippen molar-refractivity contribution in [1.29, 1.82) is 0 Å². The average molecular weight is 260 g/mol. The summed E-state index contributed by atoms with van der Waals surface area (Å²) in [5, 5.41) is 0. The monoisotopic (exact) mass is 260 g/mol. The molecule has 0 bridgehead atoms. The number of rotatable bonds is 4. The van der Waals surface area contributed by atoms with Crippen LogP contribution in [0.1, 0.15) is 47.4 Å². The lowest BCUT2D eigenvalue weighted by Gasteiger charge is -2.31. The van der Waals surface area contributed by atoms with Crippen molar-refractivity contribution >= 4 is 0 Å². The zero-order chi connectivity index (χ0) is 13.8. The molecule has 1 atom stereocenters. The van der Waals surface area contributed by atoms with E-state index in [9.17, 15) is 0 Å². The van der Waals surface area contributed by atoms with Crippen molar-refractivity contribution in [2.45, 2.75) is 46.0 Å². The molecule has 0 spiro atoms. The van der Waals surface area contributed by atoms with E-state index in [2.05, 4.69) is 37.8 Å². The molecule has 1 fully saturated rings. The first-order chi connectivity index (χ1) is 9.11. The molecule has 0 aromatic heterocycles. The average Bonchev–Trinajstić information content (AvgIpc) is 2.37. The summed E-state index contributed by atoms with van der Waals surface area (Å²) in [6, 6.07) is 4.59. The van der Waals surface area contributed by atoms with Crippen molar-refractivity contribution in [2.24, 2.45) is 5.73 Å². The summed E-state index contributed by atoms with van der Waals surface area (Å²) in [4.78, 5) is 2.60. The van der Waals surface area contributed by atoms with E-state index in [4.69, 9.17) is 5.73 Å². The SMILES string of the molecule is Cc1cc(C)c(C(CN)CN2CCCCC2)c(C)c1. The minimum atomic E-state index is 0.485. The molecule has 2 N–H and O–H groups in total. The predicted octanol–water partition coefficient (Wildman–Crippen LogP) is 3.14. The Labute approximate surface area is 118 Å². The third-order valence-corrected chi connectivity index (χ3v) is 4.36. The van der Waals surface area contributed by atoms with Gasteiger partial charge in [0.25, 0.3) is 0 Å². The van der Waals surface area contributed by atoms with E-state index in [0.29, 0.717) is 5.92 Å². The quantitative estimate of drug-likeness (QED) is 0.901. The molecule has 1 saturated heterocycles. The second-order valence-corrected chi connectivity index (χ2v) is 6.11. The van der Waals surface area contributed by atoms with Gasteiger partial charge in [-0.1, -0.05) is 24.1 Å². The zero-order valence-electron chi connectivity index (χ0n) is 12.7. The molecule has 1 aromatic rings. The first-order valence-electron chi connectivity index (χ1n) is 7.62. The van der Waals surface area contributed by atoms with Gasteiger partial charge in [-0.3, -0.25) is 0 Å². The number of piperidine rings is 1. The first kappa shape index (κ1) is 14.5. The summed E-state index contributed by atoms with van der Waals surface area (Å²) in [5.74, 6) is 0.485. The lowest BCUT2D eigenvalue weighted by molar-refractivity contribution is 0.216. The van der Waals surface area contributed by atoms with E-state index >= 15 is 0 Å². The van der Waals surface area contributed by atoms with Crippen LogP contribution in [0.3, 0.4) is 0 Å². The summed E-state index contributed by atoms with van der Waals surface area (Å²) in [7, 11) is 0. The maximum atomic E-state index is 6.07. The molecule has 1 aromatic carbocycles. The highest BCUT2D eigenvalue weighted by atomic mass is 15.1. The normalized spacial score (nSPS) is 18.5. The van der Waals surface area contributed by atoms with Gasteiger partial charge in [-0.25, -0.2) is 0 Å². The minimum absolute atomic E-state index is 0.485. The van der Waals surface area contributed by atoms with Crippen LogP contribution in [0.2, 0.25) is 0 Å². The van der Waals surface area contributed by atoms with E-state index in [-0.39, 0.29) is 0 Å². The van der Waals surface area contributed by atoms with Crippen LogP contribution in [0.5, 0.6) is 0 Å². The molecule has 2 rings (SSSR count). The highest BCUT2D eigenvalue weighted by Crippen LogP contribution is 2.26. The maximum Gasteiger partial charge on any atom is 0.00940 e. The summed E-state index contributed by atoms with van der Waals surface area (Å²) >= 11 is 0. The van der Waals surface area contributed by atoms with E-state index in [0.717, 1.165) is 13.1 Å². The molecule has 0 saturated carbocycles. The molecule has 19 heavy (non-hydrogen) atoms. The molecule has 1 aliphatic heterocycles. The largest absolute Gasteiger partial charge is 0.330 e. The number of benzene rings is 1. The van der Waals surface area contributed by atoms with Gasteiger partial charge in [0.1, 0.15) is 0 Å². The molecule has 1 heterocycles. The van der Waals surface area contributed by atoms with Gasteiger partial charge in [-0.05, 0) is 63.4 Å². The van der Waals surface area contributed by atoms with E-state index in [1.807, 2.05) is 0 Å². The van der Waals surface area contributed by atoms with Gasteiger partial charge in [0.05, 0.1) is 0 Å². The standard InChI is InChI=1S/C17H28N2/c1-13-9-14(2)17(15(3)10-13)16(11-18)12-19-7-5-4-6-8-19/h9-10,16H,4-8,11-12,18H2,1-3H3. The van der Waals surface area contributed by atoms with E-state index < -0.39 is 0 Å². The van der Waals surface area contributed by atoms with E-state index in [1.54, 1.807) is 0 Å². The first-order valence-corrected chi connectivity index (χ1v) is 7.62. The molecule has 0 amide bonds. The highest BCUT2D eigenvalue weighted by Gasteiger charge is 2.20. The molecule has 0 radical (unpaired) electrons. The third-order valence-electron chi connectivity index (χ3n) is 4.36. The van der Waals surface area contributed by atoms with Gasteiger partial charge in [0, 0.05) is 19.0 Å². The third kappa shape index (κ3) is 3.58. The molecule has 2 nitrogen and oxygen atoms in total. The van der Waals surface area contributed by atoms with Crippen molar-refractivity contribution < 1.29 is 0 Å². The fraction of sp³-hybridized carbons (Fsp3) is 0.647. The number of nitrogens with two attached hydrogens (primary N) is 1. The Hall–Kier alpha value is -0.860. The van der Waals surface area contributed by atoms with Gasteiger partial charge in [0.2, 0.25) is 0 Å².